The van der Waals surface area contributed by atoms with Crippen LogP contribution in [0.5, 0.6) is 0 Å². The highest BCUT2D eigenvalue weighted by Crippen LogP contribution is 2.53. The summed E-state index contributed by atoms with van der Waals surface area (Å²) >= 11 is 1.92. The maximum atomic E-state index is 2.62. The molecule has 9 rings (SSSR count). The zero-order valence-electron chi connectivity index (χ0n) is 22.1. The molecule has 0 bridgehead atoms. The van der Waals surface area contributed by atoms with Crippen molar-refractivity contribution in [3.63, 3.8) is 0 Å². The molecule has 4 aliphatic rings. The molecule has 0 radical (unpaired) electrons. The van der Waals surface area contributed by atoms with Crippen LogP contribution in [0.25, 0.3) is 20.2 Å². The van der Waals surface area contributed by atoms with Gasteiger partial charge < -0.3 is 9.80 Å². The van der Waals surface area contributed by atoms with Crippen LogP contribution in [0.15, 0.2) is 144 Å². The molecule has 0 spiro atoms. The summed E-state index contributed by atoms with van der Waals surface area (Å²) in [5, 5.41) is 2.76. The maximum absolute atomic E-state index is 2.62. The Labute approximate surface area is 238 Å². The van der Waals surface area contributed by atoms with Gasteiger partial charge in [0.05, 0.1) is 6.04 Å². The molecule has 2 atom stereocenters. The molecule has 2 aliphatic carbocycles. The second-order valence-corrected chi connectivity index (χ2v) is 12.3. The highest BCUT2D eigenvalue weighted by Gasteiger charge is 2.52. The van der Waals surface area contributed by atoms with Crippen molar-refractivity contribution in [1.29, 1.82) is 0 Å². The lowest BCUT2D eigenvalue weighted by molar-refractivity contribution is 0.706. The Bertz CT molecular complexity index is 1930. The molecule has 4 heteroatoms. The van der Waals surface area contributed by atoms with E-state index >= 15 is 0 Å². The second kappa shape index (κ2) is 8.61. The summed E-state index contributed by atoms with van der Waals surface area (Å²) in [6.07, 6.45) is 14.1. The van der Waals surface area contributed by atoms with Crippen LogP contribution >= 0.6 is 11.3 Å². The Morgan fingerprint density at radius 2 is 1.55 bits per heavy atom. The number of allylic oxidation sites excluding steroid dienone is 5. The van der Waals surface area contributed by atoms with E-state index in [-0.39, 0.29) is 6.04 Å². The van der Waals surface area contributed by atoms with Gasteiger partial charge in [-0.2, -0.15) is 0 Å². The normalized spacial score (nSPS) is 21.0. The van der Waals surface area contributed by atoms with E-state index in [4.69, 9.17) is 0 Å². The van der Waals surface area contributed by atoms with Gasteiger partial charge in [0.1, 0.15) is 0 Å². The molecule has 2 aliphatic heterocycles. The Kier molecular flexibility index (Phi) is 4.85. The quantitative estimate of drug-likeness (QED) is 0.211. The molecule has 3 heterocycles. The first-order chi connectivity index (χ1) is 19.9. The summed E-state index contributed by atoms with van der Waals surface area (Å²) < 4.78 is 2.73. The number of hydrogen-bond donors (Lipinski definition) is 0. The van der Waals surface area contributed by atoms with Gasteiger partial charge in [0.15, 0.2) is 0 Å². The first-order valence-corrected chi connectivity index (χ1v) is 15.1. The van der Waals surface area contributed by atoms with Gasteiger partial charge in [-0.25, -0.2) is 0 Å². The minimum Gasteiger partial charge on any atom is -0.335 e. The molecule has 5 aromatic rings. The van der Waals surface area contributed by atoms with Gasteiger partial charge in [-0.05, 0) is 72.2 Å². The van der Waals surface area contributed by atoms with Crippen LogP contribution in [0.3, 0.4) is 0 Å². The van der Waals surface area contributed by atoms with Crippen molar-refractivity contribution < 1.29 is 0 Å². The average Bonchev–Trinajstić information content (AvgIpc) is 3.38. The van der Waals surface area contributed by atoms with Gasteiger partial charge >= 0.3 is 0 Å². The van der Waals surface area contributed by atoms with E-state index in [0.29, 0.717) is 12.5 Å². The summed E-state index contributed by atoms with van der Waals surface area (Å²) in [6.45, 7) is 0.346. The van der Waals surface area contributed by atoms with Crippen LogP contribution in [0.4, 0.5) is 17.1 Å². The van der Waals surface area contributed by atoms with E-state index in [1.165, 1.54) is 54.1 Å². The summed E-state index contributed by atoms with van der Waals surface area (Å²) in [5.74, 6) is 0.325. The average molecular weight is 531 g/mol. The number of benzene rings is 4. The van der Waals surface area contributed by atoms with E-state index in [1.807, 2.05) is 11.3 Å². The molecular weight excluding hydrogens is 503 g/mol. The predicted molar refractivity (Wildman–Crippen MR) is 172 cm³/mol. The molecule has 2 unspecified atom stereocenters. The van der Waals surface area contributed by atoms with Gasteiger partial charge in [-0.15, -0.1) is 11.3 Å². The van der Waals surface area contributed by atoms with Crippen molar-refractivity contribution in [2.45, 2.75) is 24.7 Å². The minimum absolute atomic E-state index is 0.234. The molecule has 40 heavy (non-hydrogen) atoms. The fraction of sp³-hybridized carbons (Fsp3) is 0.111. The Hall–Kier alpha value is -4.28. The lowest BCUT2D eigenvalue weighted by atomic mass is 9.27. The number of anilines is 3. The molecule has 1 aromatic heterocycles. The fourth-order valence-corrected chi connectivity index (χ4v) is 8.73. The van der Waals surface area contributed by atoms with Crippen molar-refractivity contribution in [3.8, 4) is 0 Å². The van der Waals surface area contributed by atoms with Gasteiger partial charge in [-0.1, -0.05) is 84.4 Å². The van der Waals surface area contributed by atoms with Crippen LogP contribution in [0, 0.1) is 0 Å². The van der Waals surface area contributed by atoms with Crippen LogP contribution in [-0.4, -0.2) is 12.8 Å². The van der Waals surface area contributed by atoms with Gasteiger partial charge in [0, 0.05) is 49.1 Å². The first kappa shape index (κ1) is 22.5. The number of para-hydroxylation sites is 2. The van der Waals surface area contributed by atoms with E-state index in [1.54, 1.807) is 5.47 Å². The first-order valence-electron chi connectivity index (χ1n) is 14.3. The van der Waals surface area contributed by atoms with Crippen molar-refractivity contribution in [2.24, 2.45) is 0 Å². The minimum atomic E-state index is 0.234. The van der Waals surface area contributed by atoms with Crippen LogP contribution in [0.1, 0.15) is 12.8 Å². The van der Waals surface area contributed by atoms with Crippen LogP contribution in [0.2, 0.25) is 5.82 Å². The van der Waals surface area contributed by atoms with Crippen molar-refractivity contribution >= 4 is 60.7 Å². The molecule has 0 N–H and O–H groups in total. The lowest BCUT2D eigenvalue weighted by Gasteiger charge is -2.53. The third kappa shape index (κ3) is 3.11. The maximum Gasteiger partial charge on any atom is 0.221 e. The SMILES string of the molecule is C1=CC2C3B(C4=C(C=CCC4)N(c4ccccc4)C3=C1)c1cc3c(cc1N2c1ccccc1)sc1ccccc13. The summed E-state index contributed by atoms with van der Waals surface area (Å²) in [4.78, 5) is 5.17. The number of hydrogen-bond acceptors (Lipinski definition) is 3. The Morgan fingerprint density at radius 1 is 0.775 bits per heavy atom. The van der Waals surface area contributed by atoms with Gasteiger partial charge in [0.25, 0.3) is 0 Å². The number of thiophene rings is 1. The smallest absolute Gasteiger partial charge is 0.221 e. The highest BCUT2D eigenvalue weighted by atomic mass is 32.1. The number of rotatable bonds is 2. The number of fused-ring (bicyclic) bond motifs is 6. The molecule has 190 valence electrons. The predicted octanol–water partition coefficient (Wildman–Crippen LogP) is 8.76. The lowest BCUT2D eigenvalue weighted by Crippen LogP contribution is -2.59. The third-order valence-electron chi connectivity index (χ3n) is 9.17. The fourth-order valence-electron chi connectivity index (χ4n) is 7.61. The topological polar surface area (TPSA) is 6.48 Å². The molecule has 0 saturated heterocycles. The van der Waals surface area contributed by atoms with E-state index in [9.17, 15) is 0 Å². The molecule has 2 nitrogen and oxygen atoms in total. The second-order valence-electron chi connectivity index (χ2n) is 11.2. The molecule has 0 fully saturated rings. The van der Waals surface area contributed by atoms with E-state index in [0.717, 1.165) is 12.8 Å². The van der Waals surface area contributed by atoms with E-state index in [2.05, 4.69) is 137 Å². The highest BCUT2D eigenvalue weighted by molar-refractivity contribution is 7.25. The summed E-state index contributed by atoms with van der Waals surface area (Å²) in [5.41, 5.74) is 9.69. The van der Waals surface area contributed by atoms with Crippen LogP contribution < -0.4 is 15.3 Å². The zero-order chi connectivity index (χ0) is 26.2. The van der Waals surface area contributed by atoms with E-state index < -0.39 is 0 Å². The standard InChI is InChI=1S/C36H27BN2S/c1-3-12-24(13-4-1)38-30-18-9-8-17-28(30)37-29-22-27-26-16-7-10-21-34(26)40-35(27)23-33(29)39(25-14-5-2-6-15-25)32-20-11-19-31(38)36(32)37/h1-7,9-16,18-23,32,36H,8,17H2. The van der Waals surface area contributed by atoms with Crippen molar-refractivity contribution in [1.82, 2.24) is 0 Å². The monoisotopic (exact) mass is 530 g/mol. The Morgan fingerprint density at radius 3 is 2.40 bits per heavy atom. The van der Waals surface area contributed by atoms with Crippen LogP contribution in [-0.2, 0) is 0 Å². The number of nitrogens with zero attached hydrogens (tertiary/aromatic N) is 2. The summed E-state index contributed by atoms with van der Waals surface area (Å²) in [6, 6.07) is 36.2. The zero-order valence-corrected chi connectivity index (χ0v) is 22.9. The van der Waals surface area contributed by atoms with Crippen molar-refractivity contribution in [2.75, 3.05) is 9.80 Å². The van der Waals surface area contributed by atoms with Crippen molar-refractivity contribution in [3.05, 3.63) is 144 Å². The third-order valence-corrected chi connectivity index (χ3v) is 10.3. The molecule has 0 saturated carbocycles. The molecule has 4 aromatic carbocycles. The van der Waals surface area contributed by atoms with Gasteiger partial charge in [-0.3, -0.25) is 0 Å². The summed E-state index contributed by atoms with van der Waals surface area (Å²) in [7, 11) is 0. The molecular formula is C36H27BN2S. The Balaban J connectivity index is 1.38. The molecule has 0 amide bonds. The largest absolute Gasteiger partial charge is 0.335 e. The van der Waals surface area contributed by atoms with Gasteiger partial charge in [0.2, 0.25) is 6.71 Å².